The monoisotopic (exact) mass is 436 g/mol. The second-order valence-electron chi connectivity index (χ2n) is 8.88. The number of methoxy groups -OCH3 is 1. The van der Waals surface area contributed by atoms with Gasteiger partial charge in [0.05, 0.1) is 13.5 Å². The van der Waals surface area contributed by atoms with E-state index in [0.717, 1.165) is 29.7 Å². The minimum Gasteiger partial charge on any atom is -0.508 e. The lowest BCUT2D eigenvalue weighted by Crippen LogP contribution is -2.32. The second kappa shape index (κ2) is 8.57. The fraction of sp³-hybridized carbons (Fsp3) is 0.360. The van der Waals surface area contributed by atoms with Gasteiger partial charge in [-0.3, -0.25) is 14.7 Å². The van der Waals surface area contributed by atoms with E-state index < -0.39 is 11.9 Å². The van der Waals surface area contributed by atoms with Crippen molar-refractivity contribution in [1.29, 1.82) is 0 Å². The van der Waals surface area contributed by atoms with Gasteiger partial charge in [-0.2, -0.15) is 0 Å². The van der Waals surface area contributed by atoms with Crippen molar-refractivity contribution in [2.45, 2.75) is 51.0 Å². The zero-order chi connectivity index (χ0) is 22.9. The van der Waals surface area contributed by atoms with Crippen LogP contribution in [0.2, 0.25) is 0 Å². The Hall–Kier alpha value is -3.48. The average Bonchev–Trinajstić information content (AvgIpc) is 3.11. The van der Waals surface area contributed by atoms with E-state index >= 15 is 0 Å². The molecular weight excluding hydrogens is 408 g/mol. The van der Waals surface area contributed by atoms with Gasteiger partial charge in [0.1, 0.15) is 17.1 Å². The van der Waals surface area contributed by atoms with Crippen molar-refractivity contribution in [3.63, 3.8) is 0 Å². The first-order valence-corrected chi connectivity index (χ1v) is 10.7. The van der Waals surface area contributed by atoms with Crippen molar-refractivity contribution < 1.29 is 19.4 Å². The van der Waals surface area contributed by atoms with Crippen LogP contribution >= 0.6 is 0 Å². The van der Waals surface area contributed by atoms with Crippen molar-refractivity contribution in [1.82, 2.24) is 10.2 Å². The molecule has 0 bridgehead atoms. The Balaban J connectivity index is 1.69. The SMILES string of the molecule is COC(=O)C[C@@H](c1cccc(O)c1)c1c(Cc2ccc3c(c2)CCC(C)(C)O3)[nH][nH]c1=O. The molecule has 168 valence electrons. The first-order chi connectivity index (χ1) is 15.3. The van der Waals surface area contributed by atoms with Crippen molar-refractivity contribution in [2.75, 3.05) is 7.11 Å². The van der Waals surface area contributed by atoms with Gasteiger partial charge in [0.2, 0.25) is 0 Å². The maximum Gasteiger partial charge on any atom is 0.306 e. The third-order valence-electron chi connectivity index (χ3n) is 6.00. The molecule has 7 nitrogen and oxygen atoms in total. The van der Waals surface area contributed by atoms with Gasteiger partial charge in [-0.05, 0) is 61.6 Å². The number of nitrogens with one attached hydrogen (secondary N) is 2. The molecule has 2 aromatic carbocycles. The molecule has 32 heavy (non-hydrogen) atoms. The first-order valence-electron chi connectivity index (χ1n) is 10.7. The van der Waals surface area contributed by atoms with E-state index in [9.17, 15) is 14.7 Å². The Labute approximate surface area is 186 Å². The summed E-state index contributed by atoms with van der Waals surface area (Å²) in [5.41, 5.74) is 3.57. The number of aryl methyl sites for hydroxylation is 1. The fourth-order valence-electron chi connectivity index (χ4n) is 4.32. The van der Waals surface area contributed by atoms with E-state index in [1.54, 1.807) is 24.3 Å². The Kier molecular flexibility index (Phi) is 5.82. The van der Waals surface area contributed by atoms with Crippen molar-refractivity contribution >= 4 is 5.97 Å². The van der Waals surface area contributed by atoms with Crippen LogP contribution in [0, 0.1) is 0 Å². The largest absolute Gasteiger partial charge is 0.508 e. The van der Waals surface area contributed by atoms with Gasteiger partial charge in [0.25, 0.3) is 5.56 Å². The summed E-state index contributed by atoms with van der Waals surface area (Å²) in [4.78, 5) is 24.9. The number of benzene rings is 2. The van der Waals surface area contributed by atoms with Crippen LogP contribution in [0.3, 0.4) is 0 Å². The van der Waals surface area contributed by atoms with Crippen LogP contribution in [0.4, 0.5) is 0 Å². The number of rotatable bonds is 6. The smallest absolute Gasteiger partial charge is 0.306 e. The fourth-order valence-corrected chi connectivity index (χ4v) is 4.32. The van der Waals surface area contributed by atoms with E-state index in [1.807, 2.05) is 12.1 Å². The zero-order valence-electron chi connectivity index (χ0n) is 18.5. The van der Waals surface area contributed by atoms with Gasteiger partial charge in [0, 0.05) is 23.6 Å². The van der Waals surface area contributed by atoms with E-state index in [4.69, 9.17) is 9.47 Å². The van der Waals surface area contributed by atoms with Gasteiger partial charge in [-0.1, -0.05) is 24.3 Å². The number of aromatic nitrogens is 2. The predicted molar refractivity (Wildman–Crippen MR) is 120 cm³/mol. The number of hydrogen-bond donors (Lipinski definition) is 3. The van der Waals surface area contributed by atoms with E-state index in [2.05, 4.69) is 30.1 Å². The quantitative estimate of drug-likeness (QED) is 0.510. The van der Waals surface area contributed by atoms with Crippen LogP contribution in [0.15, 0.2) is 47.3 Å². The summed E-state index contributed by atoms with van der Waals surface area (Å²) in [5.74, 6) is -0.0145. The molecular formula is C25H28N2O5. The van der Waals surface area contributed by atoms with Crippen molar-refractivity contribution in [2.24, 2.45) is 0 Å². The van der Waals surface area contributed by atoms with Crippen molar-refractivity contribution in [3.05, 3.63) is 80.8 Å². The van der Waals surface area contributed by atoms with Gasteiger partial charge in [0.15, 0.2) is 0 Å². The van der Waals surface area contributed by atoms with Crippen LogP contribution in [0.25, 0.3) is 0 Å². The highest BCUT2D eigenvalue weighted by Crippen LogP contribution is 2.35. The van der Waals surface area contributed by atoms with E-state index in [-0.39, 0.29) is 23.3 Å². The predicted octanol–water partition coefficient (Wildman–Crippen LogP) is 3.80. The molecule has 3 aromatic rings. The number of H-pyrrole nitrogens is 2. The van der Waals surface area contributed by atoms with Gasteiger partial charge >= 0.3 is 5.97 Å². The number of carbonyl (C=O) groups is 1. The molecule has 1 aliphatic rings. The Morgan fingerprint density at radius 2 is 2.03 bits per heavy atom. The zero-order valence-corrected chi connectivity index (χ0v) is 18.5. The first kappa shape index (κ1) is 21.7. The molecule has 3 N–H and O–H groups in total. The number of aromatic amines is 2. The molecule has 0 saturated heterocycles. The van der Waals surface area contributed by atoms with Gasteiger partial charge in [-0.25, -0.2) is 0 Å². The maximum atomic E-state index is 12.8. The second-order valence-corrected chi connectivity index (χ2v) is 8.88. The van der Waals surface area contributed by atoms with Crippen molar-refractivity contribution in [3.8, 4) is 11.5 Å². The highest BCUT2D eigenvalue weighted by Gasteiger charge is 2.28. The highest BCUT2D eigenvalue weighted by molar-refractivity contribution is 5.71. The lowest BCUT2D eigenvalue weighted by Gasteiger charge is -2.32. The summed E-state index contributed by atoms with van der Waals surface area (Å²) < 4.78 is 10.9. The number of esters is 1. The Bertz CT molecular complexity index is 1190. The number of phenols is 1. The Morgan fingerprint density at radius 3 is 2.78 bits per heavy atom. The molecule has 4 rings (SSSR count). The molecule has 1 aliphatic heterocycles. The molecule has 0 fully saturated rings. The van der Waals surface area contributed by atoms with Crippen LogP contribution in [0.1, 0.15) is 60.6 Å². The van der Waals surface area contributed by atoms with E-state index in [0.29, 0.717) is 23.2 Å². The number of hydrogen-bond acceptors (Lipinski definition) is 5. The van der Waals surface area contributed by atoms with Gasteiger partial charge in [-0.15, -0.1) is 0 Å². The van der Waals surface area contributed by atoms with Crippen LogP contribution in [-0.4, -0.2) is 34.0 Å². The molecule has 0 radical (unpaired) electrons. The summed E-state index contributed by atoms with van der Waals surface area (Å²) in [6, 6.07) is 12.7. The van der Waals surface area contributed by atoms with Gasteiger partial charge < -0.3 is 19.7 Å². The highest BCUT2D eigenvalue weighted by atomic mass is 16.5. The molecule has 2 heterocycles. The standard InChI is InChI=1S/C25H28N2O5/c1-25(2)10-9-17-11-15(7-8-21(17)32-25)12-20-23(24(30)27-26-20)19(14-22(29)31-3)16-5-4-6-18(28)13-16/h4-8,11,13,19,28H,9-10,12,14H2,1-3H3,(H2,26,27,30)/t19-/m0/s1. The van der Waals surface area contributed by atoms with Crippen LogP contribution in [0.5, 0.6) is 11.5 Å². The molecule has 1 atom stereocenters. The Morgan fingerprint density at radius 1 is 1.22 bits per heavy atom. The normalized spacial score (nSPS) is 15.5. The van der Waals surface area contributed by atoms with E-state index in [1.165, 1.54) is 7.11 Å². The molecule has 0 saturated carbocycles. The lowest BCUT2D eigenvalue weighted by molar-refractivity contribution is -0.140. The third-order valence-corrected chi connectivity index (χ3v) is 6.00. The topological polar surface area (TPSA) is 104 Å². The lowest BCUT2D eigenvalue weighted by atomic mass is 9.87. The minimum absolute atomic E-state index is 0.0129. The number of aromatic hydroxyl groups is 1. The third kappa shape index (κ3) is 4.56. The number of fused-ring (bicyclic) bond motifs is 1. The summed E-state index contributed by atoms with van der Waals surface area (Å²) in [6.45, 7) is 4.17. The minimum atomic E-state index is -0.554. The molecule has 1 aromatic heterocycles. The molecule has 7 heteroatoms. The van der Waals surface area contributed by atoms with Crippen LogP contribution in [-0.2, 0) is 22.4 Å². The molecule has 0 aliphatic carbocycles. The molecule has 0 amide bonds. The summed E-state index contributed by atoms with van der Waals surface area (Å²) >= 11 is 0. The molecule has 0 unspecified atom stereocenters. The maximum absolute atomic E-state index is 12.8. The van der Waals surface area contributed by atoms with Crippen LogP contribution < -0.4 is 10.3 Å². The number of carbonyl (C=O) groups excluding carboxylic acids is 1. The average molecular weight is 437 g/mol. The number of ether oxygens (including phenoxy) is 2. The number of phenolic OH excluding ortho intramolecular Hbond substituents is 1. The summed E-state index contributed by atoms with van der Waals surface area (Å²) in [5, 5.41) is 15.6. The summed E-state index contributed by atoms with van der Waals surface area (Å²) in [6.07, 6.45) is 2.34. The summed E-state index contributed by atoms with van der Waals surface area (Å²) in [7, 11) is 1.32. The molecule has 0 spiro atoms.